The molecule has 9 heteroatoms. The van der Waals surface area contributed by atoms with Gasteiger partial charge in [-0.2, -0.15) is 0 Å². The van der Waals surface area contributed by atoms with Crippen LogP contribution in [-0.4, -0.2) is 39.7 Å². The first-order valence-electron chi connectivity index (χ1n) is 8.23. The van der Waals surface area contributed by atoms with E-state index in [4.69, 9.17) is 14.0 Å². The fourth-order valence-corrected chi connectivity index (χ4v) is 4.37. The van der Waals surface area contributed by atoms with E-state index in [9.17, 15) is 14.7 Å². The zero-order valence-electron chi connectivity index (χ0n) is 15.6. The standard InChI is InChI=1S/C16H28NO6PSi/c1-6-23-24(2,20)12-14-7-8-16(15(11-14)17(18)19)22-13-21-9-10-25(3,4)5/h7-8,11H,6,9-10,12-13H2,1-5H3. The van der Waals surface area contributed by atoms with Gasteiger partial charge < -0.3 is 14.0 Å². The van der Waals surface area contributed by atoms with Gasteiger partial charge in [-0.15, -0.1) is 0 Å². The monoisotopic (exact) mass is 389 g/mol. The van der Waals surface area contributed by atoms with Gasteiger partial charge in [-0.25, -0.2) is 0 Å². The van der Waals surface area contributed by atoms with Crippen molar-refractivity contribution in [2.45, 2.75) is 38.8 Å². The van der Waals surface area contributed by atoms with Crippen molar-refractivity contribution in [1.29, 1.82) is 0 Å². The molecule has 0 aromatic heterocycles. The van der Waals surface area contributed by atoms with Crippen LogP contribution < -0.4 is 4.74 Å². The number of rotatable bonds is 11. The summed E-state index contributed by atoms with van der Waals surface area (Å²) in [6.07, 6.45) is 0.147. The summed E-state index contributed by atoms with van der Waals surface area (Å²) >= 11 is 0. The third kappa shape index (κ3) is 8.63. The molecule has 0 radical (unpaired) electrons. The Bertz CT molecular complexity index is 632. The zero-order valence-corrected chi connectivity index (χ0v) is 17.5. The van der Waals surface area contributed by atoms with Gasteiger partial charge in [0.2, 0.25) is 7.37 Å². The second-order valence-corrected chi connectivity index (χ2v) is 15.4. The summed E-state index contributed by atoms with van der Waals surface area (Å²) in [5, 5.41) is 11.3. The van der Waals surface area contributed by atoms with E-state index in [1.54, 1.807) is 13.0 Å². The molecule has 1 aromatic rings. The minimum atomic E-state index is -2.81. The highest BCUT2D eigenvalue weighted by Crippen LogP contribution is 2.46. The lowest BCUT2D eigenvalue weighted by Crippen LogP contribution is -2.22. The van der Waals surface area contributed by atoms with E-state index in [1.807, 2.05) is 0 Å². The molecule has 25 heavy (non-hydrogen) atoms. The molecule has 0 aliphatic carbocycles. The maximum absolute atomic E-state index is 12.2. The highest BCUT2D eigenvalue weighted by molar-refractivity contribution is 7.57. The van der Waals surface area contributed by atoms with Crippen LogP contribution in [0.4, 0.5) is 5.69 Å². The molecule has 1 aromatic carbocycles. The van der Waals surface area contributed by atoms with E-state index in [0.717, 1.165) is 6.04 Å². The SMILES string of the molecule is CCOP(C)(=O)Cc1ccc(OCOCC[Si](C)(C)C)c([N+](=O)[O-])c1. The van der Waals surface area contributed by atoms with Crippen molar-refractivity contribution in [3.8, 4) is 5.75 Å². The minimum Gasteiger partial charge on any atom is -0.460 e. The second kappa shape index (κ2) is 9.47. The summed E-state index contributed by atoms with van der Waals surface area (Å²) < 4.78 is 28.3. The highest BCUT2D eigenvalue weighted by Gasteiger charge is 2.21. The van der Waals surface area contributed by atoms with Gasteiger partial charge in [-0.3, -0.25) is 14.7 Å². The summed E-state index contributed by atoms with van der Waals surface area (Å²) in [7, 11) is -3.99. The molecule has 142 valence electrons. The first kappa shape index (κ1) is 21.8. The van der Waals surface area contributed by atoms with Crippen LogP contribution >= 0.6 is 7.37 Å². The molecule has 0 aliphatic rings. The Labute approximate surface area is 150 Å². The summed E-state index contributed by atoms with van der Waals surface area (Å²) in [6, 6.07) is 5.56. The van der Waals surface area contributed by atoms with Crippen LogP contribution in [0.15, 0.2) is 18.2 Å². The fraction of sp³-hybridized carbons (Fsp3) is 0.625. The average molecular weight is 389 g/mol. The number of benzene rings is 1. The first-order valence-corrected chi connectivity index (χ1v) is 14.2. The normalized spacial score (nSPS) is 14.1. The molecule has 0 saturated carbocycles. The Morgan fingerprint density at radius 1 is 1.28 bits per heavy atom. The number of nitro benzene ring substituents is 1. The third-order valence-corrected chi connectivity index (χ3v) is 6.83. The Hall–Kier alpha value is -1.21. The lowest BCUT2D eigenvalue weighted by Gasteiger charge is -2.16. The Morgan fingerprint density at radius 2 is 1.96 bits per heavy atom. The topological polar surface area (TPSA) is 87.9 Å². The summed E-state index contributed by atoms with van der Waals surface area (Å²) in [4.78, 5) is 10.8. The van der Waals surface area contributed by atoms with E-state index < -0.39 is 20.4 Å². The van der Waals surface area contributed by atoms with Crippen LogP contribution in [0, 0.1) is 10.1 Å². The molecule has 0 fully saturated rings. The van der Waals surface area contributed by atoms with E-state index in [2.05, 4.69) is 19.6 Å². The molecule has 1 atom stereocenters. The number of nitro groups is 1. The van der Waals surface area contributed by atoms with Crippen LogP contribution in [-0.2, 0) is 20.0 Å². The molecular formula is C16H28NO6PSi. The number of hydrogen-bond acceptors (Lipinski definition) is 6. The van der Waals surface area contributed by atoms with Crippen molar-refractivity contribution >= 4 is 21.1 Å². The van der Waals surface area contributed by atoms with Crippen LogP contribution in [0.25, 0.3) is 0 Å². The Balaban J connectivity index is 2.72. The van der Waals surface area contributed by atoms with Crippen molar-refractivity contribution in [1.82, 2.24) is 0 Å². The van der Waals surface area contributed by atoms with Crippen LogP contribution in [0.5, 0.6) is 5.75 Å². The maximum atomic E-state index is 12.2. The number of ether oxygens (including phenoxy) is 2. The fourth-order valence-electron chi connectivity index (χ4n) is 2.12. The quantitative estimate of drug-likeness (QED) is 0.136. The van der Waals surface area contributed by atoms with Gasteiger partial charge in [0.15, 0.2) is 12.5 Å². The Morgan fingerprint density at radius 3 is 2.52 bits per heavy atom. The van der Waals surface area contributed by atoms with Gasteiger partial charge in [0.25, 0.3) is 0 Å². The van der Waals surface area contributed by atoms with Crippen LogP contribution in [0.1, 0.15) is 12.5 Å². The van der Waals surface area contributed by atoms with Gasteiger partial charge in [0, 0.05) is 33.6 Å². The molecule has 0 spiro atoms. The lowest BCUT2D eigenvalue weighted by atomic mass is 10.2. The predicted molar refractivity (Wildman–Crippen MR) is 102 cm³/mol. The van der Waals surface area contributed by atoms with Gasteiger partial charge in [-0.1, -0.05) is 25.7 Å². The third-order valence-electron chi connectivity index (χ3n) is 3.39. The van der Waals surface area contributed by atoms with E-state index >= 15 is 0 Å². The largest absolute Gasteiger partial charge is 0.460 e. The average Bonchev–Trinajstić information content (AvgIpc) is 2.46. The summed E-state index contributed by atoms with van der Waals surface area (Å²) in [5.41, 5.74) is 0.417. The summed E-state index contributed by atoms with van der Waals surface area (Å²) in [5.74, 6) is 0.143. The maximum Gasteiger partial charge on any atom is 0.311 e. The Kier molecular flexibility index (Phi) is 8.27. The predicted octanol–water partition coefficient (Wildman–Crippen LogP) is 4.73. The van der Waals surface area contributed by atoms with Crippen LogP contribution in [0.3, 0.4) is 0 Å². The van der Waals surface area contributed by atoms with Gasteiger partial charge in [-0.05, 0) is 24.6 Å². The molecule has 0 bridgehead atoms. The van der Waals surface area contributed by atoms with Crippen LogP contribution in [0.2, 0.25) is 25.7 Å². The molecule has 0 aliphatic heterocycles. The molecular weight excluding hydrogens is 361 g/mol. The molecule has 0 amide bonds. The lowest BCUT2D eigenvalue weighted by molar-refractivity contribution is -0.386. The number of nitrogens with zero attached hydrogens (tertiary/aromatic N) is 1. The molecule has 0 N–H and O–H groups in total. The minimum absolute atomic E-state index is 0.0319. The summed E-state index contributed by atoms with van der Waals surface area (Å²) in [6.45, 7) is 10.9. The van der Waals surface area contributed by atoms with E-state index in [0.29, 0.717) is 18.8 Å². The second-order valence-electron chi connectivity index (χ2n) is 7.13. The van der Waals surface area contributed by atoms with E-state index in [-0.39, 0.29) is 24.4 Å². The molecule has 0 heterocycles. The molecule has 1 rings (SSSR count). The first-order chi connectivity index (χ1) is 11.5. The van der Waals surface area contributed by atoms with E-state index in [1.165, 1.54) is 18.8 Å². The molecule has 7 nitrogen and oxygen atoms in total. The molecule has 1 unspecified atom stereocenters. The van der Waals surface area contributed by atoms with Crippen molar-refractivity contribution in [3.05, 3.63) is 33.9 Å². The number of hydrogen-bond donors (Lipinski definition) is 0. The molecule has 0 saturated heterocycles. The zero-order chi connectivity index (χ0) is 19.1. The van der Waals surface area contributed by atoms with Crippen molar-refractivity contribution in [3.63, 3.8) is 0 Å². The van der Waals surface area contributed by atoms with Crippen molar-refractivity contribution in [2.75, 3.05) is 26.7 Å². The van der Waals surface area contributed by atoms with Crippen molar-refractivity contribution < 1.29 is 23.5 Å². The van der Waals surface area contributed by atoms with Gasteiger partial charge >= 0.3 is 5.69 Å². The van der Waals surface area contributed by atoms with Gasteiger partial charge in [0.1, 0.15) is 0 Å². The smallest absolute Gasteiger partial charge is 0.311 e. The van der Waals surface area contributed by atoms with Gasteiger partial charge in [0.05, 0.1) is 11.5 Å². The van der Waals surface area contributed by atoms with Crippen molar-refractivity contribution in [2.24, 2.45) is 0 Å². The highest BCUT2D eigenvalue weighted by atomic mass is 31.2.